The second-order valence-electron chi connectivity index (χ2n) is 3.55. The van der Waals surface area contributed by atoms with Crippen molar-refractivity contribution in [3.05, 3.63) is 23.9 Å². The van der Waals surface area contributed by atoms with Crippen molar-refractivity contribution < 1.29 is 4.42 Å². The Labute approximate surface area is 83.2 Å². The van der Waals surface area contributed by atoms with E-state index >= 15 is 0 Å². The molecule has 2 N–H and O–H groups in total. The largest absolute Gasteiger partial charge is 0.425 e. The maximum atomic E-state index is 5.53. The summed E-state index contributed by atoms with van der Waals surface area (Å²) in [7, 11) is 0. The van der Waals surface area contributed by atoms with Gasteiger partial charge in [-0.25, -0.2) is 0 Å². The Bertz CT molecular complexity index is 319. The minimum absolute atomic E-state index is 0.416. The van der Waals surface area contributed by atoms with Crippen LogP contribution in [0.3, 0.4) is 0 Å². The third kappa shape index (κ3) is 2.01. The molecule has 14 heavy (non-hydrogen) atoms. The Balaban J connectivity index is 2.04. The van der Waals surface area contributed by atoms with E-state index in [2.05, 4.69) is 22.3 Å². The third-order valence-electron chi connectivity index (χ3n) is 2.46. The van der Waals surface area contributed by atoms with Crippen molar-refractivity contribution in [1.82, 2.24) is 10.2 Å². The molecule has 0 fully saturated rings. The number of allylic oxidation sites excluding steroid dienone is 2. The second-order valence-corrected chi connectivity index (χ2v) is 3.55. The molecular weight excluding hydrogens is 178 g/mol. The number of rotatable bonds is 3. The molecule has 2 rings (SSSR count). The van der Waals surface area contributed by atoms with Gasteiger partial charge in [-0.05, 0) is 19.3 Å². The molecule has 1 aliphatic carbocycles. The lowest BCUT2D eigenvalue weighted by Crippen LogP contribution is -2.02. The highest BCUT2D eigenvalue weighted by atomic mass is 16.4. The molecule has 0 spiro atoms. The quantitative estimate of drug-likeness (QED) is 0.737. The van der Waals surface area contributed by atoms with Gasteiger partial charge in [-0.15, -0.1) is 10.2 Å². The standard InChI is InChI=1S/C10H15N3O/c11-7-6-9-12-13-10(14-9)8-4-2-1-3-5-8/h1-2,8H,3-7,11H2. The first-order valence-corrected chi connectivity index (χ1v) is 5.07. The molecular formula is C10H15N3O. The fourth-order valence-electron chi connectivity index (χ4n) is 1.67. The van der Waals surface area contributed by atoms with Crippen LogP contribution in [0.1, 0.15) is 37.0 Å². The number of aromatic nitrogens is 2. The second kappa shape index (κ2) is 4.37. The van der Waals surface area contributed by atoms with Crippen LogP contribution in [0.5, 0.6) is 0 Å². The molecule has 1 unspecified atom stereocenters. The molecule has 0 aliphatic heterocycles. The number of hydrogen-bond acceptors (Lipinski definition) is 4. The van der Waals surface area contributed by atoms with E-state index in [0.29, 0.717) is 24.8 Å². The molecule has 0 saturated heterocycles. The lowest BCUT2D eigenvalue weighted by atomic mass is 9.94. The molecule has 4 heteroatoms. The fourth-order valence-corrected chi connectivity index (χ4v) is 1.67. The van der Waals surface area contributed by atoms with Crippen LogP contribution in [0.15, 0.2) is 16.6 Å². The smallest absolute Gasteiger partial charge is 0.219 e. The van der Waals surface area contributed by atoms with Crippen molar-refractivity contribution in [2.24, 2.45) is 5.73 Å². The van der Waals surface area contributed by atoms with Gasteiger partial charge in [-0.1, -0.05) is 12.2 Å². The molecule has 0 amide bonds. The highest BCUT2D eigenvalue weighted by Gasteiger charge is 2.18. The van der Waals surface area contributed by atoms with Gasteiger partial charge >= 0.3 is 0 Å². The summed E-state index contributed by atoms with van der Waals surface area (Å²) in [6.07, 6.45) is 8.30. The van der Waals surface area contributed by atoms with Gasteiger partial charge < -0.3 is 10.2 Å². The molecule has 1 heterocycles. The van der Waals surface area contributed by atoms with Gasteiger partial charge in [-0.3, -0.25) is 0 Å². The van der Waals surface area contributed by atoms with E-state index in [0.717, 1.165) is 25.2 Å². The van der Waals surface area contributed by atoms with Crippen LogP contribution < -0.4 is 5.73 Å². The third-order valence-corrected chi connectivity index (χ3v) is 2.46. The summed E-state index contributed by atoms with van der Waals surface area (Å²) in [5, 5.41) is 8.01. The molecule has 1 aromatic heterocycles. The van der Waals surface area contributed by atoms with E-state index < -0.39 is 0 Å². The summed E-state index contributed by atoms with van der Waals surface area (Å²) >= 11 is 0. The Kier molecular flexibility index (Phi) is 2.93. The van der Waals surface area contributed by atoms with Crippen molar-refractivity contribution in [1.29, 1.82) is 0 Å². The Morgan fingerprint density at radius 2 is 2.36 bits per heavy atom. The first kappa shape index (κ1) is 9.40. The first-order chi connectivity index (χ1) is 6.90. The van der Waals surface area contributed by atoms with Crippen LogP contribution >= 0.6 is 0 Å². The lowest BCUT2D eigenvalue weighted by molar-refractivity contribution is 0.401. The van der Waals surface area contributed by atoms with Crippen molar-refractivity contribution in [3.63, 3.8) is 0 Å². The average molecular weight is 193 g/mol. The summed E-state index contributed by atoms with van der Waals surface area (Å²) < 4.78 is 5.53. The zero-order valence-electron chi connectivity index (χ0n) is 8.15. The average Bonchev–Trinajstić information content (AvgIpc) is 2.68. The predicted octanol–water partition coefficient (Wildman–Crippen LogP) is 1.39. The molecule has 0 radical (unpaired) electrons. The molecule has 4 nitrogen and oxygen atoms in total. The van der Waals surface area contributed by atoms with E-state index in [-0.39, 0.29) is 0 Å². The normalized spacial score (nSPS) is 21.4. The molecule has 1 aliphatic rings. The molecule has 0 aromatic carbocycles. The molecule has 1 aromatic rings. The monoisotopic (exact) mass is 193 g/mol. The van der Waals surface area contributed by atoms with Crippen LogP contribution in [-0.4, -0.2) is 16.7 Å². The van der Waals surface area contributed by atoms with Gasteiger partial charge in [0.05, 0.1) is 0 Å². The van der Waals surface area contributed by atoms with Crippen molar-refractivity contribution in [3.8, 4) is 0 Å². The van der Waals surface area contributed by atoms with E-state index in [9.17, 15) is 0 Å². The predicted molar refractivity (Wildman–Crippen MR) is 52.8 cm³/mol. The number of nitrogens with two attached hydrogens (primary N) is 1. The van der Waals surface area contributed by atoms with E-state index in [4.69, 9.17) is 10.2 Å². The minimum Gasteiger partial charge on any atom is -0.425 e. The lowest BCUT2D eigenvalue weighted by Gasteiger charge is -2.12. The highest BCUT2D eigenvalue weighted by molar-refractivity contribution is 5.01. The van der Waals surface area contributed by atoms with Gasteiger partial charge in [-0.2, -0.15) is 0 Å². The van der Waals surface area contributed by atoms with Crippen molar-refractivity contribution in [2.45, 2.75) is 31.6 Å². The van der Waals surface area contributed by atoms with Crippen LogP contribution in [0.25, 0.3) is 0 Å². The van der Waals surface area contributed by atoms with Crippen LogP contribution in [-0.2, 0) is 6.42 Å². The summed E-state index contributed by atoms with van der Waals surface area (Å²) in [5.41, 5.74) is 5.41. The first-order valence-electron chi connectivity index (χ1n) is 5.07. The highest BCUT2D eigenvalue weighted by Crippen LogP contribution is 2.27. The molecule has 76 valence electrons. The minimum atomic E-state index is 0.416. The summed E-state index contributed by atoms with van der Waals surface area (Å²) in [6.45, 7) is 0.562. The van der Waals surface area contributed by atoms with Crippen LogP contribution in [0.4, 0.5) is 0 Å². The maximum absolute atomic E-state index is 5.53. The Morgan fingerprint density at radius 1 is 1.43 bits per heavy atom. The molecule has 0 saturated carbocycles. The van der Waals surface area contributed by atoms with Crippen LogP contribution in [0.2, 0.25) is 0 Å². The summed E-state index contributed by atoms with van der Waals surface area (Å²) in [5.74, 6) is 1.86. The molecule has 1 atom stereocenters. The Morgan fingerprint density at radius 3 is 3.07 bits per heavy atom. The van der Waals surface area contributed by atoms with E-state index in [1.165, 1.54) is 0 Å². The van der Waals surface area contributed by atoms with E-state index in [1.54, 1.807) is 0 Å². The summed E-state index contributed by atoms with van der Waals surface area (Å²) in [4.78, 5) is 0. The van der Waals surface area contributed by atoms with Gasteiger partial charge in [0, 0.05) is 18.9 Å². The van der Waals surface area contributed by atoms with Gasteiger partial charge in [0.25, 0.3) is 0 Å². The topological polar surface area (TPSA) is 64.9 Å². The SMILES string of the molecule is NCCc1nnc(C2CC=CCC2)o1. The maximum Gasteiger partial charge on any atom is 0.219 e. The fraction of sp³-hybridized carbons (Fsp3) is 0.600. The van der Waals surface area contributed by atoms with Crippen molar-refractivity contribution >= 4 is 0 Å². The van der Waals surface area contributed by atoms with E-state index in [1.807, 2.05) is 0 Å². The van der Waals surface area contributed by atoms with Gasteiger partial charge in [0.15, 0.2) is 0 Å². The zero-order chi connectivity index (χ0) is 9.80. The van der Waals surface area contributed by atoms with Gasteiger partial charge in [0.2, 0.25) is 11.8 Å². The van der Waals surface area contributed by atoms with Crippen molar-refractivity contribution in [2.75, 3.05) is 6.54 Å². The number of nitrogens with zero attached hydrogens (tertiary/aromatic N) is 2. The summed E-state index contributed by atoms with van der Waals surface area (Å²) in [6, 6.07) is 0. The van der Waals surface area contributed by atoms with Gasteiger partial charge in [0.1, 0.15) is 0 Å². The number of hydrogen-bond donors (Lipinski definition) is 1. The van der Waals surface area contributed by atoms with Crippen LogP contribution in [0, 0.1) is 0 Å². The molecule has 0 bridgehead atoms. The Hall–Kier alpha value is -1.16. The zero-order valence-corrected chi connectivity index (χ0v) is 8.15.